The minimum absolute atomic E-state index is 0.0170. The Labute approximate surface area is 148 Å². The summed E-state index contributed by atoms with van der Waals surface area (Å²) in [6.45, 7) is 1.42. The molecule has 2 aliphatic heterocycles. The van der Waals surface area contributed by atoms with Gasteiger partial charge in [-0.05, 0) is 31.2 Å². The fourth-order valence-corrected chi connectivity index (χ4v) is 4.03. The van der Waals surface area contributed by atoms with E-state index in [1.54, 1.807) is 5.01 Å². The zero-order valence-electron chi connectivity index (χ0n) is 14.5. The van der Waals surface area contributed by atoms with Crippen molar-refractivity contribution < 1.29 is 9.59 Å². The van der Waals surface area contributed by atoms with E-state index in [4.69, 9.17) is 0 Å². The van der Waals surface area contributed by atoms with E-state index < -0.39 is 0 Å². The number of likely N-dealkylation sites (tertiary alicyclic amines) is 1. The van der Waals surface area contributed by atoms with Gasteiger partial charge in [-0.1, -0.05) is 36.8 Å². The molecule has 25 heavy (non-hydrogen) atoms. The number of benzene rings is 1. The Kier molecular flexibility index (Phi) is 4.55. The van der Waals surface area contributed by atoms with Gasteiger partial charge < -0.3 is 4.90 Å². The molecule has 0 aromatic heterocycles. The van der Waals surface area contributed by atoms with Crippen molar-refractivity contribution in [2.75, 3.05) is 13.1 Å². The number of amides is 2. The van der Waals surface area contributed by atoms with Crippen LogP contribution in [0.4, 0.5) is 0 Å². The summed E-state index contributed by atoms with van der Waals surface area (Å²) >= 11 is 0. The van der Waals surface area contributed by atoms with Crippen LogP contribution < -0.4 is 0 Å². The van der Waals surface area contributed by atoms with Gasteiger partial charge in [0.2, 0.25) is 11.8 Å². The molecule has 0 N–H and O–H groups in total. The first kappa shape index (κ1) is 16.3. The van der Waals surface area contributed by atoms with Gasteiger partial charge in [0, 0.05) is 37.6 Å². The first-order chi connectivity index (χ1) is 12.2. The predicted octanol–water partition coefficient (Wildman–Crippen LogP) is 2.98. The minimum Gasteiger partial charge on any atom is -0.342 e. The lowest BCUT2D eigenvalue weighted by atomic mass is 9.83. The summed E-state index contributed by atoms with van der Waals surface area (Å²) in [7, 11) is 0. The third-order valence-corrected chi connectivity index (χ3v) is 5.85. The third kappa shape index (κ3) is 3.20. The molecule has 5 heteroatoms. The van der Waals surface area contributed by atoms with Crippen molar-refractivity contribution in [2.24, 2.45) is 16.9 Å². The monoisotopic (exact) mass is 339 g/mol. The molecule has 2 fully saturated rings. The second-order valence-electron chi connectivity index (χ2n) is 7.37. The highest BCUT2D eigenvalue weighted by atomic mass is 16.2. The Bertz CT molecular complexity index is 661. The van der Waals surface area contributed by atoms with Crippen LogP contribution in [0.1, 0.15) is 50.1 Å². The normalized spacial score (nSPS) is 24.4. The van der Waals surface area contributed by atoms with Crippen molar-refractivity contribution in [1.29, 1.82) is 0 Å². The number of carbonyl (C=O) groups is 2. The number of hydrogen-bond acceptors (Lipinski definition) is 3. The highest BCUT2D eigenvalue weighted by molar-refractivity contribution is 5.83. The number of hydrogen-bond donors (Lipinski definition) is 0. The smallest absolute Gasteiger partial charge is 0.246 e. The molecular weight excluding hydrogens is 314 g/mol. The summed E-state index contributed by atoms with van der Waals surface area (Å²) in [5, 5.41) is 6.02. The predicted molar refractivity (Wildman–Crippen MR) is 95.8 cm³/mol. The molecule has 0 radical (unpaired) electrons. The molecule has 1 aromatic rings. The van der Waals surface area contributed by atoms with E-state index in [9.17, 15) is 9.59 Å². The maximum atomic E-state index is 13.0. The van der Waals surface area contributed by atoms with E-state index in [2.05, 4.69) is 17.2 Å². The first-order valence-electron chi connectivity index (χ1n) is 9.43. The van der Waals surface area contributed by atoms with Gasteiger partial charge in [0.15, 0.2) is 0 Å². The molecule has 4 rings (SSSR count). The van der Waals surface area contributed by atoms with Gasteiger partial charge in [-0.3, -0.25) is 9.59 Å². The number of hydrazone groups is 1. The van der Waals surface area contributed by atoms with E-state index in [1.165, 1.54) is 6.42 Å². The zero-order chi connectivity index (χ0) is 17.2. The van der Waals surface area contributed by atoms with Crippen LogP contribution in [0.2, 0.25) is 0 Å². The summed E-state index contributed by atoms with van der Waals surface area (Å²) in [4.78, 5) is 27.3. The average molecular weight is 339 g/mol. The second-order valence-corrected chi connectivity index (χ2v) is 7.37. The number of piperidine rings is 1. The van der Waals surface area contributed by atoms with Gasteiger partial charge in [0.25, 0.3) is 0 Å². The Morgan fingerprint density at radius 3 is 2.24 bits per heavy atom. The summed E-state index contributed by atoms with van der Waals surface area (Å²) < 4.78 is 0. The number of nitrogens with zero attached hydrogens (tertiary/aromatic N) is 3. The van der Waals surface area contributed by atoms with Crippen LogP contribution in [0, 0.1) is 11.8 Å². The van der Waals surface area contributed by atoms with Crippen molar-refractivity contribution in [3.8, 4) is 0 Å². The summed E-state index contributed by atoms with van der Waals surface area (Å²) in [6.07, 6.45) is 7.38. The molecule has 1 atom stereocenters. The summed E-state index contributed by atoms with van der Waals surface area (Å²) in [5.74, 6) is 0.640. The number of rotatable bonds is 3. The lowest BCUT2D eigenvalue weighted by molar-refractivity contribution is -0.145. The van der Waals surface area contributed by atoms with Crippen molar-refractivity contribution >= 4 is 18.0 Å². The van der Waals surface area contributed by atoms with Gasteiger partial charge in [0.1, 0.15) is 0 Å². The van der Waals surface area contributed by atoms with Gasteiger partial charge in [0.05, 0.1) is 6.04 Å². The van der Waals surface area contributed by atoms with Crippen LogP contribution in [-0.4, -0.2) is 41.0 Å². The summed E-state index contributed by atoms with van der Waals surface area (Å²) in [5.41, 5.74) is 1.13. The van der Waals surface area contributed by atoms with E-state index in [0.717, 1.165) is 37.7 Å². The van der Waals surface area contributed by atoms with Crippen molar-refractivity contribution in [3.05, 3.63) is 35.9 Å². The molecule has 2 amide bonds. The minimum atomic E-state index is -0.0214. The lowest BCUT2D eigenvalue weighted by Gasteiger charge is -2.37. The van der Waals surface area contributed by atoms with E-state index in [1.807, 2.05) is 29.3 Å². The summed E-state index contributed by atoms with van der Waals surface area (Å²) in [6, 6.07) is 10.1. The topological polar surface area (TPSA) is 53.0 Å². The quantitative estimate of drug-likeness (QED) is 0.850. The van der Waals surface area contributed by atoms with Gasteiger partial charge in [-0.2, -0.15) is 5.10 Å². The fraction of sp³-hybridized carbons (Fsp3) is 0.550. The maximum absolute atomic E-state index is 13.0. The Balaban J connectivity index is 1.37. The molecule has 1 saturated carbocycles. The first-order valence-corrected chi connectivity index (χ1v) is 9.43. The van der Waals surface area contributed by atoms with Crippen LogP contribution in [0.3, 0.4) is 0 Å². The molecule has 1 aliphatic carbocycles. The van der Waals surface area contributed by atoms with Crippen molar-refractivity contribution in [2.45, 2.75) is 44.6 Å². The van der Waals surface area contributed by atoms with Crippen LogP contribution in [-0.2, 0) is 9.59 Å². The van der Waals surface area contributed by atoms with E-state index >= 15 is 0 Å². The van der Waals surface area contributed by atoms with E-state index in [-0.39, 0.29) is 23.8 Å². The Morgan fingerprint density at radius 2 is 1.60 bits per heavy atom. The lowest BCUT2D eigenvalue weighted by Crippen LogP contribution is -2.46. The average Bonchev–Trinajstić information content (AvgIpc) is 3.10. The van der Waals surface area contributed by atoms with Gasteiger partial charge in [-0.25, -0.2) is 5.01 Å². The maximum Gasteiger partial charge on any atom is 0.246 e. The molecular formula is C20H25N3O2. The SMILES string of the molecule is O=C(C1CCC1)N1CCC(C(=O)N2N=CCC2c2ccccc2)CC1. The molecule has 1 unspecified atom stereocenters. The molecule has 2 heterocycles. The van der Waals surface area contributed by atoms with Crippen molar-refractivity contribution in [1.82, 2.24) is 9.91 Å². The third-order valence-electron chi connectivity index (χ3n) is 5.85. The zero-order valence-corrected chi connectivity index (χ0v) is 14.5. The van der Waals surface area contributed by atoms with E-state index in [0.29, 0.717) is 19.0 Å². The second kappa shape index (κ2) is 6.98. The number of carbonyl (C=O) groups excluding carboxylic acids is 2. The van der Waals surface area contributed by atoms with Gasteiger partial charge >= 0.3 is 0 Å². The van der Waals surface area contributed by atoms with Crippen LogP contribution in [0.15, 0.2) is 35.4 Å². The molecule has 132 valence electrons. The fourth-order valence-electron chi connectivity index (χ4n) is 4.03. The molecule has 3 aliphatic rings. The standard InChI is InChI=1S/C20H25N3O2/c24-19(16-7-4-8-16)22-13-10-17(11-14-22)20(25)23-18(9-12-21-23)15-5-2-1-3-6-15/h1-3,5-6,12,16-18H,4,7-11,13-14H2. The van der Waals surface area contributed by atoms with Crippen molar-refractivity contribution in [3.63, 3.8) is 0 Å². The largest absolute Gasteiger partial charge is 0.342 e. The van der Waals surface area contributed by atoms with Crippen LogP contribution >= 0.6 is 0 Å². The molecule has 5 nitrogen and oxygen atoms in total. The molecule has 0 bridgehead atoms. The molecule has 1 aromatic carbocycles. The highest BCUT2D eigenvalue weighted by Gasteiger charge is 2.37. The molecule has 1 saturated heterocycles. The Hall–Kier alpha value is -2.17. The highest BCUT2D eigenvalue weighted by Crippen LogP contribution is 2.33. The van der Waals surface area contributed by atoms with Crippen LogP contribution in [0.25, 0.3) is 0 Å². The van der Waals surface area contributed by atoms with Crippen LogP contribution in [0.5, 0.6) is 0 Å². The van der Waals surface area contributed by atoms with Gasteiger partial charge in [-0.15, -0.1) is 0 Å². The molecule has 0 spiro atoms. The Morgan fingerprint density at radius 1 is 0.920 bits per heavy atom.